The van der Waals surface area contributed by atoms with Crippen molar-refractivity contribution in [3.05, 3.63) is 65.7 Å². The summed E-state index contributed by atoms with van der Waals surface area (Å²) in [6.07, 6.45) is -4.99. The van der Waals surface area contributed by atoms with Gasteiger partial charge in [-0.25, -0.2) is 0 Å². The molecular formula is C15H10F3NO2. The molecule has 0 fully saturated rings. The van der Waals surface area contributed by atoms with Gasteiger partial charge in [0.05, 0.1) is 11.3 Å². The molecule has 0 aliphatic rings. The molecule has 0 saturated heterocycles. The maximum Gasteiger partial charge on any atom is 0.454 e. The summed E-state index contributed by atoms with van der Waals surface area (Å²) in [4.78, 5) is 23.3. The van der Waals surface area contributed by atoms with E-state index in [4.69, 9.17) is 0 Å². The molecule has 0 saturated carbocycles. The summed E-state index contributed by atoms with van der Waals surface area (Å²) in [6, 6.07) is 13.0. The number of nitrogens with one attached hydrogen (secondary N) is 1. The van der Waals surface area contributed by atoms with Gasteiger partial charge >= 0.3 is 6.18 Å². The van der Waals surface area contributed by atoms with Gasteiger partial charge in [-0.3, -0.25) is 9.59 Å². The Morgan fingerprint density at radius 2 is 1.43 bits per heavy atom. The number of hydrogen-bond donors (Lipinski definition) is 1. The molecule has 0 spiro atoms. The molecular weight excluding hydrogens is 283 g/mol. The first-order chi connectivity index (χ1) is 9.89. The van der Waals surface area contributed by atoms with Crippen LogP contribution in [0, 0.1) is 0 Å². The number of rotatable bonds is 3. The lowest BCUT2D eigenvalue weighted by Crippen LogP contribution is -2.24. The summed E-state index contributed by atoms with van der Waals surface area (Å²) in [7, 11) is 0. The van der Waals surface area contributed by atoms with Crippen LogP contribution in [0.4, 0.5) is 18.9 Å². The Labute approximate surface area is 118 Å². The molecule has 1 N–H and O–H groups in total. The van der Waals surface area contributed by atoms with Crippen LogP contribution in [0.5, 0.6) is 0 Å². The van der Waals surface area contributed by atoms with E-state index in [-0.39, 0.29) is 11.3 Å². The normalized spacial score (nSPS) is 11.0. The number of hydrogen-bond acceptors (Lipinski definition) is 2. The highest BCUT2D eigenvalue weighted by Gasteiger charge is 2.40. The maximum absolute atomic E-state index is 12.5. The van der Waals surface area contributed by atoms with Gasteiger partial charge < -0.3 is 5.32 Å². The van der Waals surface area contributed by atoms with Crippen molar-refractivity contribution in [2.24, 2.45) is 0 Å². The van der Waals surface area contributed by atoms with Crippen LogP contribution in [-0.2, 0) is 0 Å². The minimum Gasteiger partial charge on any atom is -0.321 e. The van der Waals surface area contributed by atoms with E-state index < -0.39 is 23.4 Å². The number of alkyl halides is 3. The molecule has 0 aliphatic heterocycles. The van der Waals surface area contributed by atoms with Crippen molar-refractivity contribution < 1.29 is 22.8 Å². The second-order valence-corrected chi connectivity index (χ2v) is 4.19. The van der Waals surface area contributed by atoms with E-state index in [9.17, 15) is 22.8 Å². The van der Waals surface area contributed by atoms with Crippen molar-refractivity contribution in [2.45, 2.75) is 6.18 Å². The van der Waals surface area contributed by atoms with Crippen molar-refractivity contribution in [1.29, 1.82) is 0 Å². The molecule has 21 heavy (non-hydrogen) atoms. The van der Waals surface area contributed by atoms with Crippen molar-refractivity contribution in [1.82, 2.24) is 0 Å². The molecule has 3 nitrogen and oxygen atoms in total. The van der Waals surface area contributed by atoms with E-state index in [0.29, 0.717) is 0 Å². The SMILES string of the molecule is O=C(Nc1ccccc1C(=O)C(F)(F)F)c1ccccc1. The van der Waals surface area contributed by atoms with Crippen molar-refractivity contribution in [3.63, 3.8) is 0 Å². The van der Waals surface area contributed by atoms with E-state index in [1.165, 1.54) is 30.3 Å². The molecule has 6 heteroatoms. The van der Waals surface area contributed by atoms with Crippen molar-refractivity contribution in [2.75, 3.05) is 5.32 Å². The van der Waals surface area contributed by atoms with Gasteiger partial charge in [0.15, 0.2) is 0 Å². The Hall–Kier alpha value is -2.63. The van der Waals surface area contributed by atoms with Crippen LogP contribution in [0.25, 0.3) is 0 Å². The fraction of sp³-hybridized carbons (Fsp3) is 0.0667. The molecule has 0 unspecified atom stereocenters. The van der Waals surface area contributed by atoms with Gasteiger partial charge in [0, 0.05) is 5.56 Å². The highest BCUT2D eigenvalue weighted by Crippen LogP contribution is 2.26. The molecule has 0 aliphatic carbocycles. The Balaban J connectivity index is 2.30. The first kappa shape index (κ1) is 14.8. The predicted octanol–water partition coefficient (Wildman–Crippen LogP) is 3.68. The zero-order chi connectivity index (χ0) is 15.5. The van der Waals surface area contributed by atoms with Crippen LogP contribution >= 0.6 is 0 Å². The van der Waals surface area contributed by atoms with Crippen LogP contribution in [-0.4, -0.2) is 17.9 Å². The van der Waals surface area contributed by atoms with E-state index in [1.54, 1.807) is 18.2 Å². The summed E-state index contributed by atoms with van der Waals surface area (Å²) in [5, 5.41) is 2.32. The first-order valence-corrected chi connectivity index (χ1v) is 5.96. The maximum atomic E-state index is 12.5. The van der Waals surface area contributed by atoms with Gasteiger partial charge in [-0.05, 0) is 24.3 Å². The monoisotopic (exact) mass is 293 g/mol. The highest BCUT2D eigenvalue weighted by molar-refractivity contribution is 6.10. The van der Waals surface area contributed by atoms with Crippen LogP contribution < -0.4 is 5.32 Å². The Morgan fingerprint density at radius 1 is 0.857 bits per heavy atom. The lowest BCUT2D eigenvalue weighted by atomic mass is 10.1. The van der Waals surface area contributed by atoms with Crippen molar-refractivity contribution >= 4 is 17.4 Å². The average molecular weight is 293 g/mol. The number of anilines is 1. The fourth-order valence-corrected chi connectivity index (χ4v) is 1.73. The van der Waals surface area contributed by atoms with E-state index in [1.807, 2.05) is 0 Å². The lowest BCUT2D eigenvalue weighted by Gasteiger charge is -2.11. The molecule has 108 valence electrons. The van der Waals surface area contributed by atoms with Gasteiger partial charge in [-0.15, -0.1) is 0 Å². The lowest BCUT2D eigenvalue weighted by molar-refractivity contribution is -0.0884. The summed E-state index contributed by atoms with van der Waals surface area (Å²) in [5.74, 6) is -2.58. The quantitative estimate of drug-likeness (QED) is 0.877. The van der Waals surface area contributed by atoms with Gasteiger partial charge in [0.25, 0.3) is 11.7 Å². The van der Waals surface area contributed by atoms with Gasteiger partial charge in [-0.1, -0.05) is 30.3 Å². The fourth-order valence-electron chi connectivity index (χ4n) is 1.73. The summed E-state index contributed by atoms with van der Waals surface area (Å²) >= 11 is 0. The largest absolute Gasteiger partial charge is 0.454 e. The second kappa shape index (κ2) is 5.78. The Morgan fingerprint density at radius 3 is 2.05 bits per heavy atom. The van der Waals surface area contributed by atoms with E-state index in [0.717, 1.165) is 6.07 Å². The van der Waals surface area contributed by atoms with Crippen molar-refractivity contribution in [3.8, 4) is 0 Å². The Bertz CT molecular complexity index is 666. The van der Waals surface area contributed by atoms with Crippen LogP contribution in [0.3, 0.4) is 0 Å². The number of carbonyl (C=O) groups excluding carboxylic acids is 2. The average Bonchev–Trinajstić information content (AvgIpc) is 2.47. The van der Waals surface area contributed by atoms with E-state index in [2.05, 4.69) is 5.32 Å². The molecule has 0 aromatic heterocycles. The zero-order valence-corrected chi connectivity index (χ0v) is 10.6. The summed E-state index contributed by atoms with van der Waals surface area (Å²) in [5.41, 5.74) is -0.477. The topological polar surface area (TPSA) is 46.2 Å². The van der Waals surface area contributed by atoms with Crippen LogP contribution in [0.15, 0.2) is 54.6 Å². The minimum atomic E-state index is -4.99. The minimum absolute atomic E-state index is 0.173. The molecule has 2 rings (SSSR count). The standard InChI is InChI=1S/C15H10F3NO2/c16-15(17,18)13(20)11-8-4-5-9-12(11)19-14(21)10-6-2-1-3-7-10/h1-9H,(H,19,21). The molecule has 1 amide bonds. The first-order valence-electron chi connectivity index (χ1n) is 5.96. The van der Waals surface area contributed by atoms with Gasteiger partial charge in [-0.2, -0.15) is 13.2 Å². The molecule has 0 bridgehead atoms. The molecule has 2 aromatic carbocycles. The number of benzene rings is 2. The number of Topliss-reactive ketones (excluding diaryl/α,β-unsaturated/α-hetero) is 1. The molecule has 2 aromatic rings. The third-order valence-electron chi connectivity index (χ3n) is 2.71. The number of halogens is 3. The third-order valence-corrected chi connectivity index (χ3v) is 2.71. The smallest absolute Gasteiger partial charge is 0.321 e. The molecule has 0 radical (unpaired) electrons. The number of amides is 1. The third kappa shape index (κ3) is 3.47. The highest BCUT2D eigenvalue weighted by atomic mass is 19.4. The second-order valence-electron chi connectivity index (χ2n) is 4.19. The van der Waals surface area contributed by atoms with E-state index >= 15 is 0 Å². The zero-order valence-electron chi connectivity index (χ0n) is 10.6. The Kier molecular flexibility index (Phi) is 4.07. The molecule has 0 atom stereocenters. The number of ketones is 1. The summed E-state index contributed by atoms with van der Waals surface area (Å²) < 4.78 is 37.5. The number of carbonyl (C=O) groups is 2. The summed E-state index contributed by atoms with van der Waals surface area (Å²) in [6.45, 7) is 0. The molecule has 0 heterocycles. The van der Waals surface area contributed by atoms with Crippen LogP contribution in [0.2, 0.25) is 0 Å². The number of para-hydroxylation sites is 1. The van der Waals surface area contributed by atoms with Gasteiger partial charge in [0.2, 0.25) is 0 Å². The van der Waals surface area contributed by atoms with Crippen LogP contribution in [0.1, 0.15) is 20.7 Å². The van der Waals surface area contributed by atoms with Gasteiger partial charge in [0.1, 0.15) is 0 Å². The predicted molar refractivity (Wildman–Crippen MR) is 71.2 cm³/mol.